The van der Waals surface area contributed by atoms with E-state index in [2.05, 4.69) is 5.48 Å². The topological polar surface area (TPSA) is 124 Å². The normalized spacial score (nSPS) is 16.6. The van der Waals surface area contributed by atoms with E-state index in [0.717, 1.165) is 40.0 Å². The molecule has 42 heavy (non-hydrogen) atoms. The molecule has 2 aliphatic rings. The number of rotatable bonds is 10. The van der Waals surface area contributed by atoms with Gasteiger partial charge in [0.2, 0.25) is 0 Å². The second-order valence-corrected chi connectivity index (χ2v) is 10.4. The second-order valence-electron chi connectivity index (χ2n) is 10.4. The van der Waals surface area contributed by atoms with Gasteiger partial charge in [-0.1, -0.05) is 54.6 Å². The van der Waals surface area contributed by atoms with Gasteiger partial charge in [-0.2, -0.15) is 0 Å². The van der Waals surface area contributed by atoms with Crippen LogP contribution in [-0.2, 0) is 25.5 Å². The van der Waals surface area contributed by atoms with Crippen LogP contribution in [0.1, 0.15) is 52.2 Å². The highest BCUT2D eigenvalue weighted by Crippen LogP contribution is 2.44. The van der Waals surface area contributed by atoms with Gasteiger partial charge in [0.25, 0.3) is 5.91 Å². The van der Waals surface area contributed by atoms with Gasteiger partial charge in [-0.15, -0.1) is 0 Å². The highest BCUT2D eigenvalue weighted by molar-refractivity contribution is 5.96. The molecule has 1 fully saturated rings. The molecule has 2 atom stereocenters. The summed E-state index contributed by atoms with van der Waals surface area (Å²) in [7, 11) is 2.82. The van der Waals surface area contributed by atoms with Gasteiger partial charge < -0.3 is 19.3 Å². The molecule has 10 nitrogen and oxygen atoms in total. The predicted molar refractivity (Wildman–Crippen MR) is 153 cm³/mol. The van der Waals surface area contributed by atoms with E-state index in [1.54, 1.807) is 12.1 Å². The monoisotopic (exact) mass is 574 g/mol. The van der Waals surface area contributed by atoms with E-state index >= 15 is 0 Å². The summed E-state index contributed by atoms with van der Waals surface area (Å²) in [5, 5.41) is 9.98. The Hall–Kier alpha value is -4.41. The van der Waals surface area contributed by atoms with Crippen LogP contribution >= 0.6 is 0 Å². The van der Waals surface area contributed by atoms with Crippen molar-refractivity contribution in [2.75, 3.05) is 27.4 Å². The van der Waals surface area contributed by atoms with Crippen LogP contribution in [0.4, 0.5) is 4.79 Å². The van der Waals surface area contributed by atoms with Crippen molar-refractivity contribution in [3.8, 4) is 16.9 Å². The van der Waals surface area contributed by atoms with Crippen LogP contribution in [0.15, 0.2) is 66.7 Å². The number of methoxy groups -OCH3 is 1. The third-order valence-corrected chi connectivity index (χ3v) is 7.74. The fourth-order valence-electron chi connectivity index (χ4n) is 5.46. The molecule has 0 aromatic heterocycles. The molecule has 2 amide bonds. The number of aliphatic carboxylic acids is 1. The van der Waals surface area contributed by atoms with Crippen molar-refractivity contribution >= 4 is 18.0 Å². The summed E-state index contributed by atoms with van der Waals surface area (Å²) in [4.78, 5) is 44.5. The predicted octanol–water partition coefficient (Wildman–Crippen LogP) is 4.76. The smallest absolute Gasteiger partial charge is 0.410 e. The van der Waals surface area contributed by atoms with Crippen LogP contribution in [0.2, 0.25) is 0 Å². The highest BCUT2D eigenvalue weighted by Gasteiger charge is 2.32. The lowest BCUT2D eigenvalue weighted by molar-refractivity contribution is -0.186. The third kappa shape index (κ3) is 6.24. The van der Waals surface area contributed by atoms with Crippen molar-refractivity contribution < 1.29 is 38.5 Å². The number of hydrogen-bond acceptors (Lipinski definition) is 7. The molecule has 3 aromatic carbocycles. The van der Waals surface area contributed by atoms with Crippen molar-refractivity contribution in [3.05, 3.63) is 89.0 Å². The maximum Gasteiger partial charge on any atom is 0.410 e. The van der Waals surface area contributed by atoms with Crippen LogP contribution in [-0.4, -0.2) is 67.7 Å². The minimum absolute atomic E-state index is 0.0271. The van der Waals surface area contributed by atoms with Crippen LogP contribution < -0.4 is 10.2 Å². The number of carbonyl (C=O) groups is 3. The first-order chi connectivity index (χ1) is 20.4. The van der Waals surface area contributed by atoms with Crippen molar-refractivity contribution in [1.29, 1.82) is 0 Å². The molecule has 1 saturated heterocycles. The van der Waals surface area contributed by atoms with Crippen LogP contribution in [0, 0.1) is 0 Å². The van der Waals surface area contributed by atoms with Gasteiger partial charge in [0.15, 0.2) is 6.29 Å². The molecule has 10 heteroatoms. The zero-order valence-electron chi connectivity index (χ0n) is 23.6. The molecule has 2 unspecified atom stereocenters. The molecule has 220 valence electrons. The van der Waals surface area contributed by atoms with E-state index in [0.29, 0.717) is 18.6 Å². The number of amides is 2. The maximum atomic E-state index is 13.1. The molecule has 1 aliphatic carbocycles. The van der Waals surface area contributed by atoms with E-state index in [9.17, 15) is 19.5 Å². The second kappa shape index (κ2) is 13.1. The summed E-state index contributed by atoms with van der Waals surface area (Å²) in [6, 6.07) is 19.5. The Morgan fingerprint density at radius 1 is 1.02 bits per heavy atom. The minimum Gasteiger partial charge on any atom is -0.496 e. The van der Waals surface area contributed by atoms with Crippen LogP contribution in [0.25, 0.3) is 11.1 Å². The van der Waals surface area contributed by atoms with Gasteiger partial charge in [0.05, 0.1) is 12.7 Å². The zero-order chi connectivity index (χ0) is 29.6. The molecule has 0 saturated carbocycles. The largest absolute Gasteiger partial charge is 0.496 e. The summed E-state index contributed by atoms with van der Waals surface area (Å²) in [5.41, 5.74) is 7.51. The average molecular weight is 575 g/mol. The lowest BCUT2D eigenvalue weighted by Crippen LogP contribution is -2.44. The van der Waals surface area contributed by atoms with Crippen molar-refractivity contribution in [1.82, 2.24) is 10.4 Å². The van der Waals surface area contributed by atoms with Crippen LogP contribution in [0.3, 0.4) is 0 Å². The van der Waals surface area contributed by atoms with Crippen molar-refractivity contribution in [2.45, 2.75) is 43.9 Å². The van der Waals surface area contributed by atoms with Crippen molar-refractivity contribution in [3.63, 3.8) is 0 Å². The maximum absolute atomic E-state index is 13.1. The van der Waals surface area contributed by atoms with E-state index in [-0.39, 0.29) is 30.3 Å². The van der Waals surface area contributed by atoms with Gasteiger partial charge in [-0.3, -0.25) is 9.69 Å². The molecule has 1 heterocycles. The van der Waals surface area contributed by atoms with Crippen molar-refractivity contribution in [2.24, 2.45) is 0 Å². The number of ether oxygens (including phenoxy) is 3. The number of nitrogens with one attached hydrogen (secondary N) is 1. The highest BCUT2D eigenvalue weighted by atomic mass is 16.8. The molecular formula is C32H34N2O8. The van der Waals surface area contributed by atoms with Gasteiger partial charge >= 0.3 is 12.1 Å². The number of hydrogen-bond donors (Lipinski definition) is 2. The van der Waals surface area contributed by atoms with E-state index in [4.69, 9.17) is 19.0 Å². The first-order valence-corrected chi connectivity index (χ1v) is 13.9. The fraction of sp³-hybridized carbons (Fsp3) is 0.344. The molecule has 0 radical (unpaired) electrons. The molecule has 2 N–H and O–H groups in total. The molecule has 1 aliphatic heterocycles. The van der Waals surface area contributed by atoms with E-state index in [1.807, 2.05) is 48.5 Å². The average Bonchev–Trinajstić information content (AvgIpc) is 3.34. The Morgan fingerprint density at radius 3 is 2.33 bits per heavy atom. The minimum atomic E-state index is -1.21. The quantitative estimate of drug-likeness (QED) is 0.332. The number of carboxylic acid groups (broad SMARTS) is 1. The number of benzene rings is 3. The lowest BCUT2D eigenvalue weighted by Gasteiger charge is -2.25. The first kappa shape index (κ1) is 29.1. The number of likely N-dealkylation sites (N-methyl/N-ethyl adjacent to an activating group) is 1. The molecule has 0 bridgehead atoms. The first-order valence-electron chi connectivity index (χ1n) is 13.9. The zero-order valence-corrected chi connectivity index (χ0v) is 23.6. The van der Waals surface area contributed by atoms with Crippen LogP contribution in [0.5, 0.6) is 5.75 Å². The third-order valence-electron chi connectivity index (χ3n) is 7.74. The molecule has 5 rings (SSSR count). The SMILES string of the molecule is COc1cc(CC(C(=O)O)N(C)C(=O)OCC2c3ccccc3-c3ccccc32)ccc1C(=O)NOC1CCCCO1. The number of nitrogens with zero attached hydrogens (tertiary/aromatic N) is 1. The molecular weight excluding hydrogens is 540 g/mol. The Kier molecular flexibility index (Phi) is 9.04. The Morgan fingerprint density at radius 2 is 1.71 bits per heavy atom. The summed E-state index contributed by atoms with van der Waals surface area (Å²) < 4.78 is 16.5. The fourth-order valence-corrected chi connectivity index (χ4v) is 5.46. The molecule has 3 aromatic rings. The number of carbonyl (C=O) groups excluding carboxylic acids is 2. The van der Waals surface area contributed by atoms with Gasteiger partial charge in [0.1, 0.15) is 18.4 Å². The number of fused-ring (bicyclic) bond motifs is 3. The molecule has 0 spiro atoms. The van der Waals surface area contributed by atoms with Gasteiger partial charge in [0, 0.05) is 32.4 Å². The standard InChI is InChI=1S/C32H34N2O8/c1-34(32(38)41-19-26-23-11-5-3-9-21(23)22-10-4-6-12-24(22)26)27(31(36)37)17-20-14-15-25(28(18-20)39-2)30(35)33-42-29-13-7-8-16-40-29/h3-6,9-12,14-15,18,26-27,29H,7-8,13,16-17,19H2,1-2H3,(H,33,35)(H,36,37). The van der Waals surface area contributed by atoms with E-state index in [1.165, 1.54) is 20.2 Å². The summed E-state index contributed by atoms with van der Waals surface area (Å²) in [5.74, 6) is -1.61. The lowest BCUT2D eigenvalue weighted by atomic mass is 9.98. The van der Waals surface area contributed by atoms with E-state index < -0.39 is 30.3 Å². The van der Waals surface area contributed by atoms with Gasteiger partial charge in [-0.05, 0) is 52.8 Å². The van der Waals surface area contributed by atoms with Gasteiger partial charge in [-0.25, -0.2) is 19.9 Å². The number of carboxylic acids is 1. The Labute approximate surface area is 244 Å². The number of hydroxylamine groups is 1. The Balaban J connectivity index is 1.23. The summed E-state index contributed by atoms with van der Waals surface area (Å²) in [6.07, 6.45) is 1.32. The Bertz CT molecular complexity index is 1410. The summed E-state index contributed by atoms with van der Waals surface area (Å²) in [6.45, 7) is 0.656. The summed E-state index contributed by atoms with van der Waals surface area (Å²) >= 11 is 0.